The SMILES string of the molecule is CCOC(=O)c1c2ccc3c1Cc1ccc4cc1Cc1ccc(cc1C3)OCCOc1ccc3c(c1)Cc1ccc(cc1Cc1ccc(cc1C3)OCCO2)OCCO4. The second-order valence-electron chi connectivity index (χ2n) is 15.6. The molecule has 0 saturated carbocycles. The van der Waals surface area contributed by atoms with E-state index in [2.05, 4.69) is 78.9 Å². The minimum atomic E-state index is -0.404. The van der Waals surface area contributed by atoms with Crippen LogP contribution in [0.1, 0.15) is 84.0 Å². The van der Waals surface area contributed by atoms with E-state index < -0.39 is 5.97 Å². The second kappa shape index (κ2) is 16.1. The molecule has 59 heavy (non-hydrogen) atoms. The summed E-state index contributed by atoms with van der Waals surface area (Å²) in [6, 6.07) is 35.9. The number of esters is 1. The number of hydrogen-bond acceptors (Lipinski definition) is 8. The van der Waals surface area contributed by atoms with E-state index in [4.69, 9.17) is 33.2 Å². The first-order chi connectivity index (χ1) is 29.0. The van der Waals surface area contributed by atoms with E-state index in [9.17, 15) is 4.79 Å². The molecular weight excluding hydrogens is 741 g/mol. The summed E-state index contributed by atoms with van der Waals surface area (Å²) in [6.07, 6.45) is 4.05. The molecule has 6 aromatic carbocycles. The average molecular weight is 787 g/mol. The number of carbonyl (C=O) groups excluding carboxylic acids is 1. The van der Waals surface area contributed by atoms with Crippen molar-refractivity contribution in [3.63, 3.8) is 0 Å². The Bertz CT molecular complexity index is 2540. The van der Waals surface area contributed by atoms with Gasteiger partial charge in [-0.2, -0.15) is 0 Å². The minimum absolute atomic E-state index is 0.241. The molecule has 0 fully saturated rings. The van der Waals surface area contributed by atoms with Crippen LogP contribution in [0.25, 0.3) is 0 Å². The Morgan fingerprint density at radius 2 is 0.729 bits per heavy atom. The molecule has 12 aliphatic heterocycles. The summed E-state index contributed by atoms with van der Waals surface area (Å²) >= 11 is 0. The molecule has 0 radical (unpaired) electrons. The Hall–Kier alpha value is -6.41. The smallest absolute Gasteiger partial charge is 0.342 e. The summed E-state index contributed by atoms with van der Waals surface area (Å²) in [4.78, 5) is 14.0. The molecule has 18 bridgehead atoms. The van der Waals surface area contributed by atoms with Gasteiger partial charge in [-0.3, -0.25) is 0 Å². The summed E-state index contributed by atoms with van der Waals surface area (Å²) in [5.41, 5.74) is 14.2. The van der Waals surface area contributed by atoms with E-state index in [0.717, 1.165) is 75.8 Å². The molecule has 20 rings (SSSR count). The first-order valence-electron chi connectivity index (χ1n) is 20.7. The summed E-state index contributed by atoms with van der Waals surface area (Å²) < 4.78 is 44.0. The molecule has 14 aliphatic rings. The van der Waals surface area contributed by atoms with Gasteiger partial charge in [0, 0.05) is 0 Å². The molecular formula is C51H46O8. The van der Waals surface area contributed by atoms with Crippen LogP contribution in [0.4, 0.5) is 0 Å². The predicted molar refractivity (Wildman–Crippen MR) is 224 cm³/mol. The fraction of sp³-hybridized carbons (Fsp3) is 0.275. The zero-order chi connectivity index (χ0) is 39.7. The van der Waals surface area contributed by atoms with Crippen LogP contribution < -0.4 is 28.4 Å². The van der Waals surface area contributed by atoms with E-state index >= 15 is 0 Å². The Labute approximate surface area is 344 Å². The van der Waals surface area contributed by atoms with Crippen LogP contribution in [0.2, 0.25) is 0 Å². The lowest BCUT2D eigenvalue weighted by atomic mass is 9.90. The fourth-order valence-corrected chi connectivity index (χ4v) is 8.90. The van der Waals surface area contributed by atoms with Gasteiger partial charge in [0.2, 0.25) is 0 Å². The van der Waals surface area contributed by atoms with Crippen molar-refractivity contribution in [2.45, 2.75) is 45.4 Å². The molecule has 8 heteroatoms. The van der Waals surface area contributed by atoms with Crippen LogP contribution in [0.5, 0.6) is 34.5 Å². The average Bonchev–Trinajstić information content (AvgIpc) is 3.34. The highest BCUT2D eigenvalue weighted by molar-refractivity contribution is 5.95. The van der Waals surface area contributed by atoms with Crippen LogP contribution in [-0.2, 0) is 43.3 Å². The molecule has 8 nitrogen and oxygen atoms in total. The zero-order valence-electron chi connectivity index (χ0n) is 33.3. The van der Waals surface area contributed by atoms with Crippen molar-refractivity contribution in [1.29, 1.82) is 0 Å². The van der Waals surface area contributed by atoms with Gasteiger partial charge in [0.1, 0.15) is 79.7 Å². The summed E-state index contributed by atoms with van der Waals surface area (Å²) in [5.74, 6) is 4.01. The molecule has 0 aromatic heterocycles. The second-order valence-corrected chi connectivity index (χ2v) is 15.6. The van der Waals surface area contributed by atoms with Gasteiger partial charge in [-0.15, -0.1) is 0 Å². The van der Waals surface area contributed by atoms with Crippen molar-refractivity contribution in [2.75, 3.05) is 46.2 Å². The van der Waals surface area contributed by atoms with Crippen molar-refractivity contribution in [3.05, 3.63) is 175 Å². The monoisotopic (exact) mass is 786 g/mol. The van der Waals surface area contributed by atoms with Crippen LogP contribution in [-0.4, -0.2) is 52.2 Å². The zero-order valence-corrected chi connectivity index (χ0v) is 33.3. The predicted octanol–water partition coefficient (Wildman–Crippen LogP) is 9.04. The third-order valence-electron chi connectivity index (χ3n) is 11.9. The van der Waals surface area contributed by atoms with E-state index in [-0.39, 0.29) is 13.2 Å². The normalized spacial score (nSPS) is 15.3. The van der Waals surface area contributed by atoms with Crippen molar-refractivity contribution in [2.24, 2.45) is 0 Å². The lowest BCUT2D eigenvalue weighted by Gasteiger charge is -2.20. The van der Waals surface area contributed by atoms with Crippen molar-refractivity contribution in [1.82, 2.24) is 0 Å². The Balaban J connectivity index is 1.14. The molecule has 2 aliphatic carbocycles. The third-order valence-corrected chi connectivity index (χ3v) is 11.9. The first kappa shape index (κ1) is 36.9. The quantitative estimate of drug-likeness (QED) is 0.161. The van der Waals surface area contributed by atoms with Crippen molar-refractivity contribution < 1.29 is 38.0 Å². The number of hydrogen-bond donors (Lipinski definition) is 0. The number of rotatable bonds is 2. The van der Waals surface area contributed by atoms with Gasteiger partial charge < -0.3 is 33.2 Å². The summed E-state index contributed by atoms with van der Waals surface area (Å²) in [5, 5.41) is 0. The maximum absolute atomic E-state index is 14.0. The maximum Gasteiger partial charge on any atom is 0.342 e. The first-order valence-corrected chi connectivity index (χ1v) is 20.7. The third kappa shape index (κ3) is 7.79. The van der Waals surface area contributed by atoms with Gasteiger partial charge in [0.25, 0.3) is 0 Å². The number of benzene rings is 6. The molecule has 0 saturated heterocycles. The minimum Gasteiger partial charge on any atom is -0.490 e. The topological polar surface area (TPSA) is 81.7 Å². The Morgan fingerprint density at radius 3 is 1.10 bits per heavy atom. The molecule has 0 atom stereocenters. The van der Waals surface area contributed by atoms with Crippen LogP contribution in [0, 0.1) is 0 Å². The molecule has 0 unspecified atom stereocenters. The molecule has 0 amide bonds. The van der Waals surface area contributed by atoms with E-state index in [1.165, 1.54) is 38.9 Å². The van der Waals surface area contributed by atoms with Crippen LogP contribution in [0.15, 0.2) is 103 Å². The largest absolute Gasteiger partial charge is 0.490 e. The number of carbonyl (C=O) groups is 1. The van der Waals surface area contributed by atoms with E-state index in [1.54, 1.807) is 0 Å². The van der Waals surface area contributed by atoms with Gasteiger partial charge in [0.05, 0.1) is 6.61 Å². The molecule has 0 spiro atoms. The standard InChI is InChI=1S/C51H46O8/c1-2-53-51(52)50-48-31-36-7-13-47-29-41(36)24-35-6-12-46-30-42(35)25-37(48)8-14-49(50)59-20-19-58-45-11-5-34-22-39-27-44(55-16-18-57-47)9-3-32(39)21-38-26-43(54-15-17-56-46)10-4-33(38)23-40(34)28-45/h3-14,26-30H,2,15-25,31H2,1H3. The molecule has 0 N–H and O–H groups in total. The highest BCUT2D eigenvalue weighted by Crippen LogP contribution is 2.37. The Morgan fingerprint density at radius 1 is 0.407 bits per heavy atom. The summed E-state index contributed by atoms with van der Waals surface area (Å²) in [7, 11) is 0. The van der Waals surface area contributed by atoms with Gasteiger partial charge in [-0.1, -0.05) is 36.4 Å². The van der Waals surface area contributed by atoms with Crippen molar-refractivity contribution >= 4 is 5.97 Å². The van der Waals surface area contributed by atoms with Crippen molar-refractivity contribution in [3.8, 4) is 34.5 Å². The number of ether oxygens (including phenoxy) is 7. The van der Waals surface area contributed by atoms with Gasteiger partial charge >= 0.3 is 5.97 Å². The molecule has 12 heterocycles. The van der Waals surface area contributed by atoms with Crippen LogP contribution >= 0.6 is 0 Å². The van der Waals surface area contributed by atoms with Crippen LogP contribution in [0.3, 0.4) is 0 Å². The van der Waals surface area contributed by atoms with E-state index in [0.29, 0.717) is 63.6 Å². The molecule has 298 valence electrons. The molecule has 6 aromatic rings. The van der Waals surface area contributed by atoms with E-state index in [1.807, 2.05) is 31.2 Å². The lowest BCUT2D eigenvalue weighted by Crippen LogP contribution is -2.16. The Kier molecular flexibility index (Phi) is 10.1. The fourth-order valence-electron chi connectivity index (χ4n) is 8.90. The van der Waals surface area contributed by atoms with Gasteiger partial charge in [-0.05, 0) is 179 Å². The summed E-state index contributed by atoms with van der Waals surface area (Å²) in [6.45, 7) is 4.15. The highest BCUT2D eigenvalue weighted by Gasteiger charge is 2.26. The highest BCUT2D eigenvalue weighted by atomic mass is 16.5. The van der Waals surface area contributed by atoms with Gasteiger partial charge in [-0.25, -0.2) is 4.79 Å². The lowest BCUT2D eigenvalue weighted by molar-refractivity contribution is 0.0519. The maximum atomic E-state index is 14.0. The van der Waals surface area contributed by atoms with Gasteiger partial charge in [0.15, 0.2) is 0 Å².